The minimum atomic E-state index is -0.205. The van der Waals surface area contributed by atoms with Gasteiger partial charge < -0.3 is 15.4 Å². The first-order valence-electron chi connectivity index (χ1n) is 7.40. The number of carbonyl (C=O) groups excluding carboxylic acids is 1. The molecule has 2 unspecified atom stereocenters. The highest BCUT2D eigenvalue weighted by Crippen LogP contribution is 2.35. The summed E-state index contributed by atoms with van der Waals surface area (Å²) in [5.41, 5.74) is 1.92. The van der Waals surface area contributed by atoms with Crippen molar-refractivity contribution >= 4 is 17.4 Å². The molecule has 22 heavy (non-hydrogen) atoms. The van der Waals surface area contributed by atoms with E-state index in [2.05, 4.69) is 22.5 Å². The number of hydrogen-bond acceptors (Lipinski definition) is 4. The summed E-state index contributed by atoms with van der Waals surface area (Å²) in [5.74, 6) is 0.840. The summed E-state index contributed by atoms with van der Waals surface area (Å²) in [6, 6.07) is 7.46. The third-order valence-corrected chi connectivity index (χ3v) is 4.70. The molecule has 3 rings (SSSR count). The van der Waals surface area contributed by atoms with Crippen molar-refractivity contribution in [2.45, 2.75) is 39.0 Å². The number of nitrogens with one attached hydrogen (secondary N) is 2. The molecule has 2 amide bonds. The number of thiazole rings is 1. The van der Waals surface area contributed by atoms with E-state index in [1.165, 1.54) is 0 Å². The predicted molar refractivity (Wildman–Crippen MR) is 86.1 cm³/mol. The topological polar surface area (TPSA) is 63.2 Å². The van der Waals surface area contributed by atoms with Gasteiger partial charge in [0, 0.05) is 10.9 Å². The van der Waals surface area contributed by atoms with Crippen LogP contribution in [0.3, 0.4) is 0 Å². The lowest BCUT2D eigenvalue weighted by Gasteiger charge is -2.17. The number of benzene rings is 1. The number of hydrogen-bond donors (Lipinski definition) is 2. The number of fused-ring (bicyclic) bond motifs is 1. The summed E-state index contributed by atoms with van der Waals surface area (Å²) in [6.07, 6.45) is 0.846. The van der Waals surface area contributed by atoms with Gasteiger partial charge in [0.05, 0.1) is 23.3 Å². The fourth-order valence-electron chi connectivity index (χ4n) is 2.52. The molecular weight excluding hydrogens is 298 g/mol. The van der Waals surface area contributed by atoms with Gasteiger partial charge in [0.25, 0.3) is 0 Å². The van der Waals surface area contributed by atoms with Gasteiger partial charge in [-0.25, -0.2) is 9.78 Å². The van der Waals surface area contributed by atoms with Crippen molar-refractivity contribution < 1.29 is 9.53 Å². The molecule has 2 atom stereocenters. The van der Waals surface area contributed by atoms with Gasteiger partial charge in [0.2, 0.25) is 0 Å². The molecule has 2 heterocycles. The number of urea groups is 1. The smallest absolute Gasteiger partial charge is 0.315 e. The van der Waals surface area contributed by atoms with Crippen LogP contribution in [0.4, 0.5) is 4.79 Å². The van der Waals surface area contributed by atoms with Crippen LogP contribution in [0.25, 0.3) is 0 Å². The molecule has 0 saturated heterocycles. The average Bonchev–Trinajstić information content (AvgIpc) is 3.10. The van der Waals surface area contributed by atoms with Gasteiger partial charge in [-0.05, 0) is 19.4 Å². The number of nitrogens with zero attached hydrogens (tertiary/aromatic N) is 1. The van der Waals surface area contributed by atoms with Crippen molar-refractivity contribution in [2.75, 3.05) is 0 Å². The van der Waals surface area contributed by atoms with Crippen molar-refractivity contribution in [3.05, 3.63) is 45.9 Å². The Balaban J connectivity index is 1.58. The summed E-state index contributed by atoms with van der Waals surface area (Å²) >= 11 is 1.62. The molecule has 0 fully saturated rings. The Hall–Kier alpha value is -2.08. The van der Waals surface area contributed by atoms with E-state index < -0.39 is 0 Å². The van der Waals surface area contributed by atoms with E-state index >= 15 is 0 Å². The molecule has 0 radical (unpaired) electrons. The second-order valence-corrected chi connectivity index (χ2v) is 6.19. The van der Waals surface area contributed by atoms with Crippen LogP contribution in [0.1, 0.15) is 36.2 Å². The Morgan fingerprint density at radius 2 is 2.23 bits per heavy atom. The third kappa shape index (κ3) is 3.06. The predicted octanol–water partition coefficient (Wildman–Crippen LogP) is 3.03. The Bertz CT molecular complexity index is 671. The van der Waals surface area contributed by atoms with Crippen molar-refractivity contribution in [1.29, 1.82) is 0 Å². The first-order valence-corrected chi connectivity index (χ1v) is 8.28. The van der Waals surface area contributed by atoms with Gasteiger partial charge >= 0.3 is 6.03 Å². The SMILES string of the molecule is CCc1nc(CNC(=O)NC2c3ccccc3OC2C)cs1. The summed E-state index contributed by atoms with van der Waals surface area (Å²) < 4.78 is 5.75. The van der Waals surface area contributed by atoms with Crippen molar-refractivity contribution in [3.63, 3.8) is 0 Å². The first kappa shape index (κ1) is 14.8. The number of carbonyl (C=O) groups is 1. The lowest BCUT2D eigenvalue weighted by molar-refractivity contribution is 0.199. The van der Waals surface area contributed by atoms with E-state index in [-0.39, 0.29) is 18.2 Å². The number of aromatic nitrogens is 1. The standard InChI is InChI=1S/C16H19N3O2S/c1-3-14-18-11(9-22-14)8-17-16(20)19-15-10(2)21-13-7-5-4-6-12(13)15/h4-7,9-10,15H,3,8H2,1-2H3,(H2,17,19,20). The quantitative estimate of drug-likeness (QED) is 0.911. The molecule has 2 aromatic rings. The second-order valence-electron chi connectivity index (χ2n) is 5.25. The molecule has 2 N–H and O–H groups in total. The van der Waals surface area contributed by atoms with Crippen LogP contribution in [0, 0.1) is 0 Å². The minimum absolute atomic E-state index is 0.0749. The van der Waals surface area contributed by atoms with Gasteiger partial charge in [0.1, 0.15) is 11.9 Å². The van der Waals surface area contributed by atoms with Crippen molar-refractivity contribution in [2.24, 2.45) is 0 Å². The Labute approximate surface area is 133 Å². The molecule has 1 aromatic heterocycles. The normalized spacial score (nSPS) is 19.4. The monoisotopic (exact) mass is 317 g/mol. The fourth-order valence-corrected chi connectivity index (χ4v) is 3.26. The maximum Gasteiger partial charge on any atom is 0.315 e. The summed E-state index contributed by atoms with van der Waals surface area (Å²) in [6.45, 7) is 4.46. The zero-order chi connectivity index (χ0) is 15.5. The van der Waals surface area contributed by atoms with Crippen molar-refractivity contribution in [1.82, 2.24) is 15.6 Å². The Morgan fingerprint density at radius 3 is 3.00 bits per heavy atom. The van der Waals surface area contributed by atoms with Crippen molar-refractivity contribution in [3.8, 4) is 5.75 Å². The Kier molecular flexibility index (Phi) is 4.29. The Morgan fingerprint density at radius 1 is 1.41 bits per heavy atom. The molecule has 116 valence electrons. The molecular formula is C16H19N3O2S. The van der Waals surface area contributed by atoms with E-state index in [1.807, 2.05) is 36.6 Å². The molecule has 1 aliphatic rings. The van der Waals surface area contributed by atoms with Crippen LogP contribution in [-0.4, -0.2) is 17.1 Å². The first-order chi connectivity index (χ1) is 10.7. The second kappa shape index (κ2) is 6.36. The molecule has 1 aromatic carbocycles. The molecule has 0 bridgehead atoms. The number of ether oxygens (including phenoxy) is 1. The van der Waals surface area contributed by atoms with Gasteiger partial charge in [-0.2, -0.15) is 0 Å². The van der Waals surface area contributed by atoms with Gasteiger partial charge in [-0.1, -0.05) is 25.1 Å². The maximum atomic E-state index is 12.1. The van der Waals surface area contributed by atoms with Crippen LogP contribution in [0.5, 0.6) is 5.75 Å². The molecule has 0 saturated carbocycles. The van der Waals surface area contributed by atoms with Crippen LogP contribution < -0.4 is 15.4 Å². The number of rotatable bonds is 4. The van der Waals surface area contributed by atoms with E-state index in [4.69, 9.17) is 4.74 Å². The minimum Gasteiger partial charge on any atom is -0.488 e. The largest absolute Gasteiger partial charge is 0.488 e. The zero-order valence-corrected chi connectivity index (χ0v) is 13.4. The lowest BCUT2D eigenvalue weighted by Crippen LogP contribution is -2.40. The third-order valence-electron chi connectivity index (χ3n) is 3.65. The molecule has 1 aliphatic heterocycles. The van der Waals surface area contributed by atoms with Gasteiger partial charge in [0.15, 0.2) is 0 Å². The highest BCUT2D eigenvalue weighted by Gasteiger charge is 2.31. The molecule has 0 aliphatic carbocycles. The molecule has 6 heteroatoms. The van der Waals surface area contributed by atoms with E-state index in [9.17, 15) is 4.79 Å². The van der Waals surface area contributed by atoms with Crippen LogP contribution in [0.15, 0.2) is 29.6 Å². The highest BCUT2D eigenvalue weighted by molar-refractivity contribution is 7.09. The summed E-state index contributed by atoms with van der Waals surface area (Å²) in [4.78, 5) is 16.5. The van der Waals surface area contributed by atoms with Crippen LogP contribution >= 0.6 is 11.3 Å². The number of para-hydroxylation sites is 1. The highest BCUT2D eigenvalue weighted by atomic mass is 32.1. The van der Waals surface area contributed by atoms with E-state index in [0.29, 0.717) is 6.54 Å². The molecule has 0 spiro atoms. The van der Waals surface area contributed by atoms with Gasteiger partial charge in [-0.3, -0.25) is 0 Å². The number of aryl methyl sites for hydroxylation is 1. The maximum absolute atomic E-state index is 12.1. The fraction of sp³-hybridized carbons (Fsp3) is 0.375. The molecule has 5 nitrogen and oxygen atoms in total. The summed E-state index contributed by atoms with van der Waals surface area (Å²) in [7, 11) is 0. The van der Waals surface area contributed by atoms with E-state index in [0.717, 1.165) is 28.4 Å². The van der Waals surface area contributed by atoms with Crippen LogP contribution in [-0.2, 0) is 13.0 Å². The zero-order valence-electron chi connectivity index (χ0n) is 12.6. The van der Waals surface area contributed by atoms with Gasteiger partial charge in [-0.15, -0.1) is 11.3 Å². The average molecular weight is 317 g/mol. The number of amides is 2. The van der Waals surface area contributed by atoms with E-state index in [1.54, 1.807) is 11.3 Å². The van der Waals surface area contributed by atoms with Crippen LogP contribution in [0.2, 0.25) is 0 Å². The lowest BCUT2D eigenvalue weighted by atomic mass is 10.1. The summed E-state index contributed by atoms with van der Waals surface area (Å²) in [5, 5.41) is 8.90.